The number of halogens is 1. The number of rotatable bonds is 18. The molecule has 5 amide bonds. The Morgan fingerprint density at radius 3 is 2.47 bits per heavy atom. The Hall–Kier alpha value is -7.22. The fourth-order valence-corrected chi connectivity index (χ4v) is 8.00. The van der Waals surface area contributed by atoms with Crippen LogP contribution in [0.5, 0.6) is 11.6 Å². The van der Waals surface area contributed by atoms with Crippen LogP contribution in [0.15, 0.2) is 42.6 Å². The summed E-state index contributed by atoms with van der Waals surface area (Å²) in [6.07, 6.45) is 0.826. The quantitative estimate of drug-likeness (QED) is 0.0894. The van der Waals surface area contributed by atoms with E-state index in [2.05, 4.69) is 37.1 Å². The van der Waals surface area contributed by atoms with Gasteiger partial charge in [0.15, 0.2) is 5.82 Å². The Morgan fingerprint density at radius 2 is 1.77 bits per heavy atom. The summed E-state index contributed by atoms with van der Waals surface area (Å²) in [6.45, 7) is 10.2. The van der Waals surface area contributed by atoms with E-state index in [4.69, 9.17) is 30.4 Å². The summed E-state index contributed by atoms with van der Waals surface area (Å²) < 4.78 is 39.0. The summed E-state index contributed by atoms with van der Waals surface area (Å²) in [4.78, 5) is 77.4. The minimum absolute atomic E-state index is 0.0385. The predicted molar refractivity (Wildman–Crippen MR) is 252 cm³/mol. The molecule has 7 N–H and O–H groups in total. The molecule has 4 atom stereocenters. The van der Waals surface area contributed by atoms with E-state index in [1.54, 1.807) is 34.0 Å². The van der Waals surface area contributed by atoms with Crippen LogP contribution in [0.1, 0.15) is 85.6 Å². The highest BCUT2D eigenvalue weighted by atomic mass is 19.1. The number of hydrogen-bond donors (Lipinski definition) is 5. The van der Waals surface area contributed by atoms with Crippen molar-refractivity contribution < 1.29 is 47.3 Å². The van der Waals surface area contributed by atoms with Gasteiger partial charge in [-0.2, -0.15) is 10.4 Å². The summed E-state index contributed by atoms with van der Waals surface area (Å²) in [5.74, 6) is -2.21. The first kappa shape index (κ1) is 52.2. The van der Waals surface area contributed by atoms with Crippen LogP contribution in [0, 0.1) is 22.6 Å². The first-order valence-electron chi connectivity index (χ1n) is 22.9. The van der Waals surface area contributed by atoms with E-state index in [9.17, 15) is 33.6 Å². The number of ether oxygens (including phenoxy) is 4. The SMILES string of the molecule is CN[C@H](C)C(=O)N[C@@H](C(=O)N1Cc2cc(OCCOCCOCCC(=O)NCCn3nc4c(c3C#N)-c3cnc(N)c(n3)O[C@H](C)c3cc(F)ccc3C(=O)N(C)C4)ccc2C[C@@H]1C(N)=O)C(C)(C)C. The van der Waals surface area contributed by atoms with Gasteiger partial charge < -0.3 is 56.2 Å². The van der Waals surface area contributed by atoms with Gasteiger partial charge in [0, 0.05) is 44.1 Å². The highest BCUT2D eigenvalue weighted by Crippen LogP contribution is 2.34. The van der Waals surface area contributed by atoms with E-state index in [-0.39, 0.29) is 118 Å². The van der Waals surface area contributed by atoms with Crippen molar-refractivity contribution in [1.82, 2.24) is 45.5 Å². The van der Waals surface area contributed by atoms with Crippen LogP contribution in [-0.2, 0) is 54.7 Å². The number of nitriles is 1. The third kappa shape index (κ3) is 12.5. The number of aromatic nitrogens is 4. The lowest BCUT2D eigenvalue weighted by Crippen LogP contribution is -2.61. The van der Waals surface area contributed by atoms with Crippen molar-refractivity contribution in [1.29, 1.82) is 5.26 Å². The molecule has 0 radical (unpaired) electrons. The van der Waals surface area contributed by atoms with Gasteiger partial charge in [0.1, 0.15) is 48.1 Å². The Morgan fingerprint density at radius 1 is 1.04 bits per heavy atom. The van der Waals surface area contributed by atoms with Gasteiger partial charge in [0.25, 0.3) is 11.8 Å². The average molecular weight is 969 g/mol. The lowest BCUT2D eigenvalue weighted by molar-refractivity contribution is -0.146. The standard InChI is InChI=1S/C48H61FN12O9/c1-27(53-6)44(64)57-41(48(3,4)5)47(66)60-25-30-20-32(10-8-29(30)21-37(60)43(52)63)69-19-18-68-17-16-67-15-12-39(62)54-13-14-61-38(23-50)40-35-24-55-42(51)45(56-35)70-28(2)34-22-31(49)9-11-33(34)46(65)59(7)26-36(40)58-61/h8-11,20,22,24,27-28,37,41,53H,12-19,21,25-26H2,1-7H3,(H2,51,55)(H2,52,63)(H,54,62)(H,57,64)/t27-,28-,37-,41+/m1/s1. The van der Waals surface area contributed by atoms with Crippen LogP contribution < -0.4 is 36.9 Å². The maximum absolute atomic E-state index is 14.4. The van der Waals surface area contributed by atoms with Crippen molar-refractivity contribution in [3.05, 3.63) is 82.1 Å². The Balaban J connectivity index is 0.949. The molecule has 6 rings (SSSR count). The van der Waals surface area contributed by atoms with Crippen LogP contribution in [-0.4, -0.2) is 131 Å². The van der Waals surface area contributed by atoms with Gasteiger partial charge in [-0.25, -0.2) is 14.4 Å². The highest BCUT2D eigenvalue weighted by molar-refractivity contribution is 5.96. The molecule has 0 spiro atoms. The first-order chi connectivity index (χ1) is 33.3. The number of fused-ring (bicyclic) bond motifs is 6. The summed E-state index contributed by atoms with van der Waals surface area (Å²) in [7, 11) is 3.22. The van der Waals surface area contributed by atoms with Gasteiger partial charge in [-0.15, -0.1) is 0 Å². The lowest BCUT2D eigenvalue weighted by Gasteiger charge is -2.40. The summed E-state index contributed by atoms with van der Waals surface area (Å²) >= 11 is 0. The second-order valence-corrected chi connectivity index (χ2v) is 18.1. The van der Waals surface area contributed by atoms with E-state index >= 15 is 0 Å². The van der Waals surface area contributed by atoms with E-state index in [1.807, 2.05) is 32.9 Å². The second-order valence-electron chi connectivity index (χ2n) is 18.1. The van der Waals surface area contributed by atoms with Gasteiger partial charge in [-0.3, -0.25) is 28.7 Å². The third-order valence-electron chi connectivity index (χ3n) is 12.0. The van der Waals surface area contributed by atoms with Crippen LogP contribution in [0.4, 0.5) is 10.2 Å². The zero-order valence-corrected chi connectivity index (χ0v) is 40.5. The number of likely N-dealkylation sites (N-methyl/N-ethyl adjacent to an activating group) is 1. The van der Waals surface area contributed by atoms with Crippen LogP contribution in [0.3, 0.4) is 0 Å². The van der Waals surface area contributed by atoms with Gasteiger partial charge in [-0.1, -0.05) is 26.8 Å². The summed E-state index contributed by atoms with van der Waals surface area (Å²) in [5, 5.41) is 23.5. The number of carbonyl (C=O) groups is 5. The van der Waals surface area contributed by atoms with Crippen molar-refractivity contribution in [2.24, 2.45) is 11.1 Å². The van der Waals surface area contributed by atoms with Crippen molar-refractivity contribution >= 4 is 35.4 Å². The number of benzene rings is 2. The number of nitrogen functional groups attached to an aromatic ring is 1. The smallest absolute Gasteiger partial charge is 0.258 e. The minimum Gasteiger partial charge on any atom is -0.491 e. The molecule has 0 saturated carbocycles. The molecule has 2 aliphatic rings. The molecule has 21 nitrogen and oxygen atoms in total. The normalized spacial score (nSPS) is 16.5. The Kier molecular flexibility index (Phi) is 17.1. The Labute approximate surface area is 405 Å². The zero-order chi connectivity index (χ0) is 50.9. The molecule has 4 heterocycles. The van der Waals surface area contributed by atoms with Gasteiger partial charge in [0.05, 0.1) is 68.7 Å². The average Bonchev–Trinajstić information content (AvgIpc) is 3.67. The summed E-state index contributed by atoms with van der Waals surface area (Å²) in [6, 6.07) is 9.08. The molecule has 2 aliphatic heterocycles. The molecule has 2 aromatic heterocycles. The number of hydrogen-bond acceptors (Lipinski definition) is 15. The minimum atomic E-state index is -0.910. The van der Waals surface area contributed by atoms with Crippen molar-refractivity contribution in [3.8, 4) is 29.0 Å². The number of nitrogens with one attached hydrogen (secondary N) is 3. The Bertz CT molecular complexity index is 2630. The van der Waals surface area contributed by atoms with Crippen molar-refractivity contribution in [3.63, 3.8) is 0 Å². The monoisotopic (exact) mass is 968 g/mol. The lowest BCUT2D eigenvalue weighted by atomic mass is 9.84. The van der Waals surface area contributed by atoms with Gasteiger partial charge >= 0.3 is 0 Å². The van der Waals surface area contributed by atoms with Crippen molar-refractivity contribution in [2.75, 3.05) is 59.4 Å². The molecular formula is C48H61FN12O9. The number of nitrogens with zero attached hydrogens (tertiary/aromatic N) is 7. The first-order valence-corrected chi connectivity index (χ1v) is 22.9. The summed E-state index contributed by atoms with van der Waals surface area (Å²) in [5.41, 5.74) is 14.4. The molecule has 0 fully saturated rings. The highest BCUT2D eigenvalue weighted by Gasteiger charge is 2.42. The number of primary amides is 1. The second kappa shape index (κ2) is 22.9. The zero-order valence-electron chi connectivity index (χ0n) is 40.5. The van der Waals surface area contributed by atoms with Gasteiger partial charge in [0.2, 0.25) is 23.6 Å². The van der Waals surface area contributed by atoms with Crippen LogP contribution in [0.25, 0.3) is 11.3 Å². The van der Waals surface area contributed by atoms with E-state index in [0.717, 1.165) is 11.1 Å². The maximum Gasteiger partial charge on any atom is 0.258 e. The number of carbonyl (C=O) groups excluding carboxylic acids is 5. The largest absolute Gasteiger partial charge is 0.491 e. The van der Waals surface area contributed by atoms with E-state index in [1.165, 1.54) is 38.9 Å². The predicted octanol–water partition coefficient (Wildman–Crippen LogP) is 2.15. The van der Waals surface area contributed by atoms with Gasteiger partial charge in [-0.05, 0) is 67.8 Å². The molecule has 70 heavy (non-hydrogen) atoms. The topological polar surface area (TPSA) is 284 Å². The molecule has 0 saturated heterocycles. The fraction of sp³-hybridized carbons (Fsp3) is 0.479. The maximum atomic E-state index is 14.4. The number of nitrogens with two attached hydrogens (primary N) is 2. The molecule has 0 unspecified atom stereocenters. The molecule has 22 heteroatoms. The van der Waals surface area contributed by atoms with Crippen LogP contribution in [0.2, 0.25) is 0 Å². The molecule has 2 aromatic carbocycles. The number of amides is 5. The fourth-order valence-electron chi connectivity index (χ4n) is 8.00. The van der Waals surface area contributed by atoms with Crippen LogP contribution >= 0.6 is 0 Å². The molecule has 4 aromatic rings. The molecular weight excluding hydrogens is 908 g/mol. The molecule has 2 bridgehead atoms. The number of anilines is 1. The van der Waals surface area contributed by atoms with Crippen molar-refractivity contribution in [2.45, 2.75) is 91.3 Å². The third-order valence-corrected chi connectivity index (χ3v) is 12.0. The van der Waals surface area contributed by atoms with E-state index in [0.29, 0.717) is 17.0 Å². The molecule has 374 valence electrons. The van der Waals surface area contributed by atoms with E-state index < -0.39 is 53.2 Å². The molecule has 0 aliphatic carbocycles.